The minimum absolute atomic E-state index is 0.209. The van der Waals surface area contributed by atoms with Gasteiger partial charge in [-0.1, -0.05) is 61.0 Å². The molecule has 0 bridgehead atoms. The Bertz CT molecular complexity index is 655. The van der Waals surface area contributed by atoms with Crippen molar-refractivity contribution in [3.05, 3.63) is 58.3 Å². The topological polar surface area (TPSA) is 9.23 Å². The molecule has 2 aromatic carbocycles. The molecular formula is C19H24BrFOSi. The van der Waals surface area contributed by atoms with E-state index in [1.807, 2.05) is 18.2 Å². The second-order valence-corrected chi connectivity index (χ2v) is 13.1. The summed E-state index contributed by atoms with van der Waals surface area (Å²) in [5.41, 5.74) is 3.02. The van der Waals surface area contributed by atoms with Crippen molar-refractivity contribution in [1.82, 2.24) is 0 Å². The Morgan fingerprint density at radius 3 is 2.13 bits per heavy atom. The van der Waals surface area contributed by atoms with Crippen LogP contribution in [-0.2, 0) is 11.0 Å². The predicted molar refractivity (Wildman–Crippen MR) is 102 cm³/mol. The highest BCUT2D eigenvalue weighted by Gasteiger charge is 2.36. The summed E-state index contributed by atoms with van der Waals surface area (Å²) in [5, 5.41) is 0.209. The van der Waals surface area contributed by atoms with E-state index < -0.39 is 8.32 Å². The summed E-state index contributed by atoms with van der Waals surface area (Å²) in [7, 11) is -1.74. The maximum Gasteiger partial charge on any atom is 0.192 e. The molecule has 0 spiro atoms. The van der Waals surface area contributed by atoms with Crippen molar-refractivity contribution in [2.24, 2.45) is 0 Å². The monoisotopic (exact) mass is 394 g/mol. The molecular weight excluding hydrogens is 371 g/mol. The van der Waals surface area contributed by atoms with Gasteiger partial charge in [0.1, 0.15) is 5.82 Å². The van der Waals surface area contributed by atoms with E-state index in [0.29, 0.717) is 6.61 Å². The summed E-state index contributed by atoms with van der Waals surface area (Å²) >= 11 is 3.33. The summed E-state index contributed by atoms with van der Waals surface area (Å²) in [5.74, 6) is -0.236. The minimum atomic E-state index is -1.74. The van der Waals surface area contributed by atoms with Crippen LogP contribution in [0.1, 0.15) is 26.3 Å². The molecule has 0 heterocycles. The van der Waals surface area contributed by atoms with Crippen molar-refractivity contribution in [3.63, 3.8) is 0 Å². The van der Waals surface area contributed by atoms with Crippen molar-refractivity contribution in [2.45, 2.75) is 45.5 Å². The van der Waals surface area contributed by atoms with Crippen LogP contribution in [0.4, 0.5) is 4.39 Å². The van der Waals surface area contributed by atoms with E-state index in [2.05, 4.69) is 61.9 Å². The number of benzene rings is 2. The normalized spacial score (nSPS) is 12.5. The van der Waals surface area contributed by atoms with Crippen molar-refractivity contribution >= 4 is 24.2 Å². The molecule has 0 aliphatic carbocycles. The first kappa shape index (κ1) is 18.4. The van der Waals surface area contributed by atoms with Gasteiger partial charge in [0.15, 0.2) is 8.32 Å². The van der Waals surface area contributed by atoms with Gasteiger partial charge in [0.25, 0.3) is 0 Å². The highest BCUT2D eigenvalue weighted by molar-refractivity contribution is 9.10. The zero-order valence-corrected chi connectivity index (χ0v) is 17.0. The third-order valence-electron chi connectivity index (χ3n) is 4.56. The van der Waals surface area contributed by atoms with Gasteiger partial charge in [0.05, 0.1) is 6.61 Å². The highest BCUT2D eigenvalue weighted by atomic mass is 79.9. The molecule has 0 fully saturated rings. The van der Waals surface area contributed by atoms with Gasteiger partial charge >= 0.3 is 0 Å². The van der Waals surface area contributed by atoms with E-state index in [-0.39, 0.29) is 10.9 Å². The lowest BCUT2D eigenvalue weighted by Crippen LogP contribution is -2.40. The fourth-order valence-electron chi connectivity index (χ4n) is 1.99. The van der Waals surface area contributed by atoms with Crippen LogP contribution in [0.5, 0.6) is 0 Å². The van der Waals surface area contributed by atoms with Crippen LogP contribution < -0.4 is 0 Å². The standard InChI is InChI=1S/C19H24BrFOSi/c1-19(2,3)23(4,5)22-13-14-6-8-15(9-7-14)16-10-17(20)12-18(21)11-16/h6-12H,13H2,1-5H3. The second-order valence-electron chi connectivity index (χ2n) is 7.40. The fourth-order valence-corrected chi connectivity index (χ4v) is 3.42. The number of hydrogen-bond donors (Lipinski definition) is 0. The second kappa shape index (κ2) is 6.87. The lowest BCUT2D eigenvalue weighted by atomic mass is 10.0. The van der Waals surface area contributed by atoms with E-state index in [0.717, 1.165) is 21.2 Å². The van der Waals surface area contributed by atoms with Gasteiger partial charge in [-0.05, 0) is 53.0 Å². The molecule has 0 atom stereocenters. The summed E-state index contributed by atoms with van der Waals surface area (Å²) < 4.78 is 20.5. The summed E-state index contributed by atoms with van der Waals surface area (Å²) in [6, 6.07) is 13.1. The van der Waals surface area contributed by atoms with Gasteiger partial charge in [0.2, 0.25) is 0 Å². The third-order valence-corrected chi connectivity index (χ3v) is 9.49. The first-order chi connectivity index (χ1) is 10.6. The molecule has 4 heteroatoms. The maximum absolute atomic E-state index is 13.5. The van der Waals surface area contributed by atoms with Crippen LogP contribution in [0.25, 0.3) is 11.1 Å². The van der Waals surface area contributed by atoms with E-state index in [1.54, 1.807) is 6.07 Å². The van der Waals surface area contributed by atoms with Crippen LogP contribution >= 0.6 is 15.9 Å². The molecule has 0 saturated heterocycles. The number of halogens is 2. The van der Waals surface area contributed by atoms with Crippen molar-refractivity contribution < 1.29 is 8.82 Å². The molecule has 124 valence electrons. The Hall–Kier alpha value is -0.973. The zero-order valence-electron chi connectivity index (χ0n) is 14.4. The first-order valence-electron chi connectivity index (χ1n) is 7.78. The molecule has 2 rings (SSSR count). The molecule has 0 amide bonds. The molecule has 0 radical (unpaired) electrons. The molecule has 1 nitrogen and oxygen atoms in total. The summed E-state index contributed by atoms with van der Waals surface area (Å²) in [4.78, 5) is 0. The minimum Gasteiger partial charge on any atom is -0.413 e. The zero-order chi connectivity index (χ0) is 17.3. The average Bonchev–Trinajstić information content (AvgIpc) is 2.43. The van der Waals surface area contributed by atoms with E-state index in [9.17, 15) is 4.39 Å². The van der Waals surface area contributed by atoms with Crippen LogP contribution in [0.3, 0.4) is 0 Å². The van der Waals surface area contributed by atoms with Crippen molar-refractivity contribution in [2.75, 3.05) is 0 Å². The van der Waals surface area contributed by atoms with Gasteiger partial charge in [-0.3, -0.25) is 0 Å². The van der Waals surface area contributed by atoms with Crippen LogP contribution in [0.15, 0.2) is 46.9 Å². The van der Waals surface area contributed by atoms with E-state index >= 15 is 0 Å². The smallest absolute Gasteiger partial charge is 0.192 e. The molecule has 23 heavy (non-hydrogen) atoms. The number of hydrogen-bond acceptors (Lipinski definition) is 1. The van der Waals surface area contributed by atoms with Crippen LogP contribution in [0.2, 0.25) is 18.1 Å². The lowest BCUT2D eigenvalue weighted by molar-refractivity contribution is 0.276. The first-order valence-corrected chi connectivity index (χ1v) is 11.5. The summed E-state index contributed by atoms with van der Waals surface area (Å²) in [6.45, 7) is 11.9. The van der Waals surface area contributed by atoms with Gasteiger partial charge in [-0.25, -0.2) is 4.39 Å². The Morgan fingerprint density at radius 1 is 1.00 bits per heavy atom. The van der Waals surface area contributed by atoms with Gasteiger partial charge < -0.3 is 4.43 Å². The Balaban J connectivity index is 2.11. The van der Waals surface area contributed by atoms with Crippen molar-refractivity contribution in [1.29, 1.82) is 0 Å². The van der Waals surface area contributed by atoms with Gasteiger partial charge in [0, 0.05) is 4.47 Å². The Labute approximate surface area is 148 Å². The fraction of sp³-hybridized carbons (Fsp3) is 0.368. The molecule has 0 aromatic heterocycles. The van der Waals surface area contributed by atoms with Crippen LogP contribution in [-0.4, -0.2) is 8.32 Å². The lowest BCUT2D eigenvalue weighted by Gasteiger charge is -2.36. The largest absolute Gasteiger partial charge is 0.413 e. The SMILES string of the molecule is CC(C)(C)[Si](C)(C)OCc1ccc(-c2cc(F)cc(Br)c2)cc1. The molecule has 0 aliphatic heterocycles. The predicted octanol–water partition coefficient (Wildman–Crippen LogP) is 6.78. The van der Waals surface area contributed by atoms with E-state index in [1.165, 1.54) is 6.07 Å². The summed E-state index contributed by atoms with van der Waals surface area (Å²) in [6.07, 6.45) is 0. The molecule has 0 aliphatic rings. The quantitative estimate of drug-likeness (QED) is 0.519. The highest BCUT2D eigenvalue weighted by Crippen LogP contribution is 2.37. The van der Waals surface area contributed by atoms with E-state index in [4.69, 9.17) is 4.43 Å². The molecule has 0 saturated carbocycles. The third kappa shape index (κ3) is 4.75. The maximum atomic E-state index is 13.5. The average molecular weight is 395 g/mol. The Morgan fingerprint density at radius 2 is 1.61 bits per heavy atom. The van der Waals surface area contributed by atoms with Crippen LogP contribution in [0, 0.1) is 5.82 Å². The molecule has 2 aromatic rings. The van der Waals surface area contributed by atoms with Gasteiger partial charge in [-0.2, -0.15) is 0 Å². The van der Waals surface area contributed by atoms with Gasteiger partial charge in [-0.15, -0.1) is 0 Å². The molecule has 0 N–H and O–H groups in total. The van der Waals surface area contributed by atoms with Crippen molar-refractivity contribution in [3.8, 4) is 11.1 Å². The Kier molecular flexibility index (Phi) is 5.49. The number of rotatable bonds is 4. The molecule has 0 unspecified atom stereocenters.